The topological polar surface area (TPSA) is 33.2 Å². The molecule has 0 radical (unpaired) electrons. The van der Waals surface area contributed by atoms with Crippen molar-refractivity contribution in [3.05, 3.63) is 23.9 Å². The molecule has 0 N–H and O–H groups in total. The summed E-state index contributed by atoms with van der Waals surface area (Å²) in [5, 5.41) is 0. The minimum atomic E-state index is 0.359. The third-order valence-electron chi connectivity index (χ3n) is 3.64. The van der Waals surface area contributed by atoms with Crippen molar-refractivity contribution in [2.75, 3.05) is 18.0 Å². The Kier molecular flexibility index (Phi) is 3.18. The first-order valence-electron chi connectivity index (χ1n) is 6.17. The predicted molar refractivity (Wildman–Crippen MR) is 69.4 cm³/mol. The molecule has 1 aromatic rings. The van der Waals surface area contributed by atoms with E-state index in [2.05, 4.69) is 30.7 Å². The molecule has 17 heavy (non-hydrogen) atoms. The van der Waals surface area contributed by atoms with Crippen molar-refractivity contribution in [1.82, 2.24) is 4.98 Å². The maximum absolute atomic E-state index is 10.6. The van der Waals surface area contributed by atoms with E-state index in [-0.39, 0.29) is 0 Å². The Hall–Kier alpha value is -1.38. The number of rotatable bonds is 2. The maximum Gasteiger partial charge on any atom is 0.151 e. The molecular formula is C14H20N2O. The molecule has 1 aliphatic rings. The number of aromatic nitrogens is 1. The van der Waals surface area contributed by atoms with Crippen molar-refractivity contribution < 1.29 is 4.79 Å². The molecular weight excluding hydrogens is 212 g/mol. The minimum absolute atomic E-state index is 0.359. The van der Waals surface area contributed by atoms with Gasteiger partial charge in [0, 0.05) is 24.8 Å². The highest BCUT2D eigenvalue weighted by atomic mass is 16.1. The smallest absolute Gasteiger partial charge is 0.151 e. The average molecular weight is 232 g/mol. The minimum Gasteiger partial charge on any atom is -0.356 e. The zero-order valence-corrected chi connectivity index (χ0v) is 10.8. The lowest BCUT2D eigenvalue weighted by Crippen LogP contribution is -2.26. The fourth-order valence-corrected chi connectivity index (χ4v) is 2.33. The summed E-state index contributed by atoms with van der Waals surface area (Å²) in [6, 6.07) is 3.77. The Morgan fingerprint density at radius 1 is 1.41 bits per heavy atom. The lowest BCUT2D eigenvalue weighted by molar-refractivity contribution is 0.112. The van der Waals surface area contributed by atoms with Crippen molar-refractivity contribution in [2.45, 2.75) is 27.2 Å². The molecule has 1 aliphatic heterocycles. The second-order valence-electron chi connectivity index (χ2n) is 5.87. The monoisotopic (exact) mass is 232 g/mol. The molecule has 0 aromatic carbocycles. The van der Waals surface area contributed by atoms with Crippen LogP contribution in [0.2, 0.25) is 0 Å². The summed E-state index contributed by atoms with van der Waals surface area (Å²) in [6.45, 7) is 9.02. The second-order valence-corrected chi connectivity index (χ2v) is 5.87. The van der Waals surface area contributed by atoms with Gasteiger partial charge in [-0.1, -0.05) is 20.8 Å². The van der Waals surface area contributed by atoms with Crippen LogP contribution in [0.1, 0.15) is 37.6 Å². The Labute approximate surface area is 103 Å². The van der Waals surface area contributed by atoms with Crippen LogP contribution in [-0.2, 0) is 0 Å². The third-order valence-corrected chi connectivity index (χ3v) is 3.64. The van der Waals surface area contributed by atoms with Gasteiger partial charge in [0.25, 0.3) is 0 Å². The molecule has 0 amide bonds. The van der Waals surface area contributed by atoms with Crippen LogP contribution in [0, 0.1) is 11.3 Å². The van der Waals surface area contributed by atoms with E-state index in [4.69, 9.17) is 0 Å². The normalized spacial score (nSPS) is 20.6. The van der Waals surface area contributed by atoms with Gasteiger partial charge in [-0.15, -0.1) is 0 Å². The second kappa shape index (κ2) is 4.47. The summed E-state index contributed by atoms with van der Waals surface area (Å²) in [6.07, 6.45) is 3.70. The molecule has 92 valence electrons. The van der Waals surface area contributed by atoms with Gasteiger partial charge in [-0.3, -0.25) is 4.79 Å². The van der Waals surface area contributed by atoms with Gasteiger partial charge in [-0.25, -0.2) is 4.98 Å². The molecule has 1 aromatic heterocycles. The fraction of sp³-hybridized carbons (Fsp3) is 0.571. The zero-order chi connectivity index (χ0) is 12.5. The highest BCUT2D eigenvalue weighted by Gasteiger charge is 2.32. The Balaban J connectivity index is 2.07. The number of hydrogen-bond donors (Lipinski definition) is 0. The molecule has 3 heteroatoms. The molecule has 1 unspecified atom stereocenters. The molecule has 3 nitrogen and oxygen atoms in total. The number of nitrogens with zero attached hydrogens (tertiary/aromatic N) is 2. The van der Waals surface area contributed by atoms with Gasteiger partial charge in [-0.2, -0.15) is 0 Å². The van der Waals surface area contributed by atoms with E-state index in [0.29, 0.717) is 11.0 Å². The Morgan fingerprint density at radius 3 is 2.65 bits per heavy atom. The van der Waals surface area contributed by atoms with Crippen molar-refractivity contribution in [1.29, 1.82) is 0 Å². The van der Waals surface area contributed by atoms with E-state index in [1.54, 1.807) is 6.20 Å². The number of aldehydes is 1. The molecule has 0 spiro atoms. The number of carbonyl (C=O) groups is 1. The van der Waals surface area contributed by atoms with Crippen LogP contribution in [-0.4, -0.2) is 24.4 Å². The first-order chi connectivity index (χ1) is 8.00. The quantitative estimate of drug-likeness (QED) is 0.735. The highest BCUT2D eigenvalue weighted by molar-refractivity contribution is 5.74. The number of carbonyl (C=O) groups excluding carboxylic acids is 1. The number of hydrogen-bond acceptors (Lipinski definition) is 3. The largest absolute Gasteiger partial charge is 0.356 e. The molecule has 1 fully saturated rings. The molecule has 1 atom stereocenters. The first kappa shape index (κ1) is 12.1. The molecule has 2 rings (SSSR count). The van der Waals surface area contributed by atoms with Crippen molar-refractivity contribution in [2.24, 2.45) is 11.3 Å². The van der Waals surface area contributed by atoms with Crippen LogP contribution in [0.5, 0.6) is 0 Å². The van der Waals surface area contributed by atoms with Gasteiger partial charge in [0.05, 0.1) is 0 Å². The fourth-order valence-electron chi connectivity index (χ4n) is 2.33. The van der Waals surface area contributed by atoms with Crippen LogP contribution in [0.3, 0.4) is 0 Å². The van der Waals surface area contributed by atoms with E-state index in [9.17, 15) is 4.79 Å². The lowest BCUT2D eigenvalue weighted by atomic mass is 9.80. The van der Waals surface area contributed by atoms with Crippen LogP contribution in [0.15, 0.2) is 18.3 Å². The summed E-state index contributed by atoms with van der Waals surface area (Å²) in [5.74, 6) is 1.71. The average Bonchev–Trinajstić information content (AvgIpc) is 2.78. The Bertz CT molecular complexity index is 392. The van der Waals surface area contributed by atoms with Gasteiger partial charge in [0.2, 0.25) is 0 Å². The van der Waals surface area contributed by atoms with E-state index in [1.165, 1.54) is 6.42 Å². The first-order valence-corrected chi connectivity index (χ1v) is 6.17. The van der Waals surface area contributed by atoms with Gasteiger partial charge < -0.3 is 4.90 Å². The third kappa shape index (κ3) is 2.65. The van der Waals surface area contributed by atoms with Crippen LogP contribution < -0.4 is 4.90 Å². The predicted octanol–water partition coefficient (Wildman–Crippen LogP) is 2.77. The van der Waals surface area contributed by atoms with Crippen molar-refractivity contribution in [3.63, 3.8) is 0 Å². The summed E-state index contributed by atoms with van der Waals surface area (Å²) >= 11 is 0. The van der Waals surface area contributed by atoms with Gasteiger partial charge in [-0.05, 0) is 29.9 Å². The zero-order valence-electron chi connectivity index (χ0n) is 10.8. The highest BCUT2D eigenvalue weighted by Crippen LogP contribution is 2.34. The molecule has 0 aliphatic carbocycles. The molecule has 1 saturated heterocycles. The van der Waals surface area contributed by atoms with E-state index in [1.807, 2.05) is 12.1 Å². The lowest BCUT2D eigenvalue weighted by Gasteiger charge is -2.27. The molecule has 0 bridgehead atoms. The van der Waals surface area contributed by atoms with Crippen LogP contribution in [0.4, 0.5) is 5.82 Å². The summed E-state index contributed by atoms with van der Waals surface area (Å²) < 4.78 is 0. The van der Waals surface area contributed by atoms with Gasteiger partial charge in [0.15, 0.2) is 6.29 Å². The SMILES string of the molecule is CC(C)(C)C1CCN(c2ccc(C=O)cn2)C1. The molecule has 0 saturated carbocycles. The number of anilines is 1. The van der Waals surface area contributed by atoms with Crippen molar-refractivity contribution >= 4 is 12.1 Å². The molecule has 2 heterocycles. The standard InChI is InChI=1S/C14H20N2O/c1-14(2,3)12-6-7-16(9-12)13-5-4-11(10-17)8-15-13/h4-5,8,10,12H,6-7,9H2,1-3H3. The van der Waals surface area contributed by atoms with Gasteiger partial charge >= 0.3 is 0 Å². The van der Waals surface area contributed by atoms with E-state index in [0.717, 1.165) is 31.1 Å². The number of pyridine rings is 1. The Morgan fingerprint density at radius 2 is 2.18 bits per heavy atom. The maximum atomic E-state index is 10.6. The van der Waals surface area contributed by atoms with E-state index < -0.39 is 0 Å². The summed E-state index contributed by atoms with van der Waals surface area (Å²) in [4.78, 5) is 17.2. The summed E-state index contributed by atoms with van der Waals surface area (Å²) in [7, 11) is 0. The van der Waals surface area contributed by atoms with E-state index >= 15 is 0 Å². The van der Waals surface area contributed by atoms with Crippen molar-refractivity contribution in [3.8, 4) is 0 Å². The van der Waals surface area contributed by atoms with Gasteiger partial charge in [0.1, 0.15) is 5.82 Å². The van der Waals surface area contributed by atoms with Crippen LogP contribution >= 0.6 is 0 Å². The summed E-state index contributed by atoms with van der Waals surface area (Å²) in [5.41, 5.74) is 0.998. The van der Waals surface area contributed by atoms with Crippen LogP contribution in [0.25, 0.3) is 0 Å².